The van der Waals surface area contributed by atoms with Crippen LogP contribution in [0.4, 0.5) is 10.1 Å². The van der Waals surface area contributed by atoms with Crippen molar-refractivity contribution in [1.82, 2.24) is 0 Å². The molecule has 2 nitrogen and oxygen atoms in total. The third-order valence-corrected chi connectivity index (χ3v) is 2.96. The fraction of sp³-hybridized carbons (Fsp3) is 0.417. The maximum atomic E-state index is 13.6. The second kappa shape index (κ2) is 5.80. The van der Waals surface area contributed by atoms with E-state index in [2.05, 4.69) is 0 Å². The first-order valence-electron chi connectivity index (χ1n) is 5.35. The number of nitrogens with two attached hydrogens (primary N) is 1. The highest BCUT2D eigenvalue weighted by Crippen LogP contribution is 2.19. The van der Waals surface area contributed by atoms with Gasteiger partial charge < -0.3 is 10.6 Å². The summed E-state index contributed by atoms with van der Waals surface area (Å²) in [5, 5.41) is 0. The number of rotatable bonds is 5. The van der Waals surface area contributed by atoms with Crippen LogP contribution in [-0.2, 0) is 0 Å². The molecule has 0 aliphatic carbocycles. The maximum absolute atomic E-state index is 13.6. The highest BCUT2D eigenvalue weighted by Gasteiger charge is 2.14. The van der Waals surface area contributed by atoms with E-state index in [4.69, 9.17) is 18.0 Å². The second-order valence-electron chi connectivity index (χ2n) is 3.79. The number of hydrogen-bond donors (Lipinski definition) is 1. The molecule has 1 rings (SSSR count). The molecule has 1 atom stereocenters. The van der Waals surface area contributed by atoms with Crippen LogP contribution in [0.3, 0.4) is 0 Å². The van der Waals surface area contributed by atoms with Crippen molar-refractivity contribution in [2.75, 3.05) is 18.0 Å². The molecule has 0 radical (unpaired) electrons. The van der Waals surface area contributed by atoms with Gasteiger partial charge in [-0.1, -0.05) is 31.3 Å². The van der Waals surface area contributed by atoms with Gasteiger partial charge in [0, 0.05) is 19.0 Å². The standard InChI is InChI=1S/C12H17FN2S/c1-3-15(8-9(2)12(14)16)11-7-5-4-6-10(11)13/h4-7,9H,3,8H2,1-2H3,(H2,14,16). The average molecular weight is 240 g/mol. The topological polar surface area (TPSA) is 29.3 Å². The van der Waals surface area contributed by atoms with Gasteiger partial charge in [0.15, 0.2) is 0 Å². The highest BCUT2D eigenvalue weighted by molar-refractivity contribution is 7.80. The van der Waals surface area contributed by atoms with Gasteiger partial charge in [0.05, 0.1) is 10.7 Å². The molecule has 0 aromatic heterocycles. The van der Waals surface area contributed by atoms with Crippen molar-refractivity contribution in [3.63, 3.8) is 0 Å². The van der Waals surface area contributed by atoms with Crippen LogP contribution in [0, 0.1) is 11.7 Å². The van der Waals surface area contributed by atoms with Gasteiger partial charge in [-0.15, -0.1) is 0 Å². The van der Waals surface area contributed by atoms with E-state index >= 15 is 0 Å². The number of hydrogen-bond acceptors (Lipinski definition) is 2. The first-order valence-corrected chi connectivity index (χ1v) is 5.75. The number of thiocarbonyl (C=S) groups is 1. The minimum absolute atomic E-state index is 0.0783. The Morgan fingerprint density at radius 1 is 1.50 bits per heavy atom. The molecule has 1 aromatic rings. The minimum atomic E-state index is -0.209. The first-order chi connectivity index (χ1) is 7.56. The summed E-state index contributed by atoms with van der Waals surface area (Å²) < 4.78 is 13.6. The van der Waals surface area contributed by atoms with E-state index in [1.165, 1.54) is 6.07 Å². The van der Waals surface area contributed by atoms with E-state index in [1.54, 1.807) is 12.1 Å². The fourth-order valence-corrected chi connectivity index (χ4v) is 1.60. The normalized spacial score (nSPS) is 12.2. The predicted molar refractivity (Wildman–Crippen MR) is 70.2 cm³/mol. The Morgan fingerprint density at radius 2 is 2.12 bits per heavy atom. The molecular formula is C12H17FN2S. The largest absolute Gasteiger partial charge is 0.393 e. The molecule has 0 amide bonds. The van der Waals surface area contributed by atoms with Crippen molar-refractivity contribution < 1.29 is 4.39 Å². The summed E-state index contributed by atoms with van der Waals surface area (Å²) in [5.74, 6) is -0.131. The zero-order valence-corrected chi connectivity index (χ0v) is 10.4. The molecule has 0 aliphatic heterocycles. The molecule has 1 aromatic carbocycles. The summed E-state index contributed by atoms with van der Waals surface area (Å²) in [5.41, 5.74) is 6.17. The number of benzene rings is 1. The first kappa shape index (κ1) is 12.9. The van der Waals surface area contributed by atoms with Gasteiger partial charge >= 0.3 is 0 Å². The van der Waals surface area contributed by atoms with Crippen LogP contribution in [0.25, 0.3) is 0 Å². The lowest BCUT2D eigenvalue weighted by atomic mass is 10.1. The monoisotopic (exact) mass is 240 g/mol. The van der Waals surface area contributed by atoms with Crippen LogP contribution in [-0.4, -0.2) is 18.1 Å². The quantitative estimate of drug-likeness (QED) is 0.802. The molecule has 16 heavy (non-hydrogen) atoms. The SMILES string of the molecule is CCN(CC(C)C(N)=S)c1ccccc1F. The minimum Gasteiger partial charge on any atom is -0.393 e. The summed E-state index contributed by atoms with van der Waals surface area (Å²) in [6.07, 6.45) is 0. The van der Waals surface area contributed by atoms with Crippen LogP contribution >= 0.6 is 12.2 Å². The van der Waals surface area contributed by atoms with Crippen LogP contribution in [0.1, 0.15) is 13.8 Å². The summed E-state index contributed by atoms with van der Waals surface area (Å²) in [6.45, 7) is 5.31. The Balaban J connectivity index is 2.83. The average Bonchev–Trinajstić information content (AvgIpc) is 2.26. The van der Waals surface area contributed by atoms with E-state index in [0.29, 0.717) is 17.2 Å². The number of anilines is 1. The van der Waals surface area contributed by atoms with Gasteiger partial charge in [0.25, 0.3) is 0 Å². The molecule has 4 heteroatoms. The summed E-state index contributed by atoms with van der Waals surface area (Å²) in [6, 6.07) is 6.74. The summed E-state index contributed by atoms with van der Waals surface area (Å²) >= 11 is 4.92. The van der Waals surface area contributed by atoms with Crippen molar-refractivity contribution in [3.05, 3.63) is 30.1 Å². The van der Waals surface area contributed by atoms with Crippen molar-refractivity contribution in [2.24, 2.45) is 11.7 Å². The lowest BCUT2D eigenvalue weighted by Gasteiger charge is -2.26. The van der Waals surface area contributed by atoms with E-state index in [0.717, 1.165) is 6.54 Å². The van der Waals surface area contributed by atoms with Crippen molar-refractivity contribution in [2.45, 2.75) is 13.8 Å². The highest BCUT2D eigenvalue weighted by atomic mass is 32.1. The molecule has 88 valence electrons. The lowest BCUT2D eigenvalue weighted by molar-refractivity contribution is 0.610. The molecule has 0 bridgehead atoms. The lowest BCUT2D eigenvalue weighted by Crippen LogP contribution is -2.34. The van der Waals surface area contributed by atoms with E-state index in [1.807, 2.05) is 24.8 Å². The third kappa shape index (κ3) is 3.17. The molecule has 0 heterocycles. The molecule has 2 N–H and O–H groups in total. The number of halogens is 1. The Hall–Kier alpha value is -1.16. The Morgan fingerprint density at radius 3 is 2.62 bits per heavy atom. The van der Waals surface area contributed by atoms with Gasteiger partial charge in [-0.2, -0.15) is 0 Å². The molecule has 0 fully saturated rings. The predicted octanol–water partition coefficient (Wildman–Crippen LogP) is 2.57. The summed E-state index contributed by atoms with van der Waals surface area (Å²) in [7, 11) is 0. The van der Waals surface area contributed by atoms with Crippen LogP contribution in [0.5, 0.6) is 0 Å². The zero-order valence-electron chi connectivity index (χ0n) is 9.61. The van der Waals surface area contributed by atoms with Gasteiger partial charge in [-0.25, -0.2) is 4.39 Å². The van der Waals surface area contributed by atoms with Gasteiger partial charge in [0.1, 0.15) is 5.82 Å². The van der Waals surface area contributed by atoms with E-state index in [-0.39, 0.29) is 11.7 Å². The van der Waals surface area contributed by atoms with Crippen LogP contribution in [0.15, 0.2) is 24.3 Å². The van der Waals surface area contributed by atoms with Crippen LogP contribution < -0.4 is 10.6 Å². The fourth-order valence-electron chi connectivity index (χ4n) is 1.53. The second-order valence-corrected chi connectivity index (χ2v) is 4.26. The van der Waals surface area contributed by atoms with Gasteiger partial charge in [-0.3, -0.25) is 0 Å². The maximum Gasteiger partial charge on any atom is 0.146 e. The van der Waals surface area contributed by atoms with Crippen molar-refractivity contribution in [1.29, 1.82) is 0 Å². The Labute approximate surface area is 101 Å². The van der Waals surface area contributed by atoms with Gasteiger partial charge in [0.2, 0.25) is 0 Å². The van der Waals surface area contributed by atoms with Gasteiger partial charge in [-0.05, 0) is 19.1 Å². The van der Waals surface area contributed by atoms with Crippen molar-refractivity contribution >= 4 is 22.9 Å². The molecule has 0 saturated heterocycles. The molecular weight excluding hydrogens is 223 g/mol. The van der Waals surface area contributed by atoms with E-state index in [9.17, 15) is 4.39 Å². The molecule has 0 spiro atoms. The smallest absolute Gasteiger partial charge is 0.146 e. The molecule has 1 unspecified atom stereocenters. The number of para-hydroxylation sites is 1. The molecule has 0 aliphatic rings. The van der Waals surface area contributed by atoms with Crippen LogP contribution in [0.2, 0.25) is 0 Å². The van der Waals surface area contributed by atoms with E-state index < -0.39 is 0 Å². The Bertz CT molecular complexity index is 368. The molecule has 0 saturated carbocycles. The summed E-state index contributed by atoms with van der Waals surface area (Å²) in [4.78, 5) is 2.41. The Kier molecular flexibility index (Phi) is 4.68. The number of nitrogens with zero attached hydrogens (tertiary/aromatic N) is 1. The third-order valence-electron chi connectivity index (χ3n) is 2.55. The van der Waals surface area contributed by atoms with Crippen molar-refractivity contribution in [3.8, 4) is 0 Å². The zero-order chi connectivity index (χ0) is 12.1.